The number of aromatic nitrogens is 2. The number of aryl methyl sites for hydroxylation is 2. The van der Waals surface area contributed by atoms with Crippen molar-refractivity contribution in [2.75, 3.05) is 6.61 Å². The first-order valence-corrected chi connectivity index (χ1v) is 11.3. The second kappa shape index (κ2) is 9.76. The summed E-state index contributed by atoms with van der Waals surface area (Å²) in [5.74, 6) is 1.52. The smallest absolute Gasteiger partial charge is 0.261 e. The lowest BCUT2D eigenvalue weighted by atomic mass is 10.1. The number of rotatable bonds is 7. The SMILES string of the molecule is Cc1cc(Cl)cc(C)c1OCCCCn1c(-c2ccc(Cl)cc2)nc2ccccc2c1=O. The number of unbranched alkanes of at least 4 members (excludes halogenated alkanes) is 1. The summed E-state index contributed by atoms with van der Waals surface area (Å²) in [6.45, 7) is 5.10. The maximum absolute atomic E-state index is 13.2. The summed E-state index contributed by atoms with van der Waals surface area (Å²) in [5.41, 5.74) is 3.56. The Kier molecular flexibility index (Phi) is 6.83. The van der Waals surface area contributed by atoms with Gasteiger partial charge < -0.3 is 4.74 Å². The van der Waals surface area contributed by atoms with Gasteiger partial charge in [-0.25, -0.2) is 4.98 Å². The number of benzene rings is 3. The molecule has 0 N–H and O–H groups in total. The van der Waals surface area contributed by atoms with E-state index in [1.165, 1.54) is 0 Å². The second-order valence-electron chi connectivity index (χ2n) is 7.84. The number of ether oxygens (including phenoxy) is 1. The highest BCUT2D eigenvalue weighted by atomic mass is 35.5. The molecule has 0 radical (unpaired) electrons. The molecule has 0 aliphatic heterocycles. The molecule has 0 atom stereocenters. The van der Waals surface area contributed by atoms with Crippen molar-refractivity contribution in [1.82, 2.24) is 9.55 Å². The Morgan fingerprint density at radius 2 is 1.59 bits per heavy atom. The van der Waals surface area contributed by atoms with Crippen LogP contribution >= 0.6 is 23.2 Å². The van der Waals surface area contributed by atoms with E-state index in [1.807, 2.05) is 74.5 Å². The number of para-hydroxylation sites is 1. The Hall–Kier alpha value is -2.82. The summed E-state index contributed by atoms with van der Waals surface area (Å²) in [5, 5.41) is 1.98. The summed E-state index contributed by atoms with van der Waals surface area (Å²) < 4.78 is 7.77. The fourth-order valence-electron chi connectivity index (χ4n) is 3.87. The van der Waals surface area contributed by atoms with Gasteiger partial charge in [-0.3, -0.25) is 9.36 Å². The molecule has 1 heterocycles. The van der Waals surface area contributed by atoms with Crippen LogP contribution in [0.25, 0.3) is 22.3 Å². The lowest BCUT2D eigenvalue weighted by molar-refractivity contribution is 0.299. The summed E-state index contributed by atoms with van der Waals surface area (Å²) in [7, 11) is 0. The van der Waals surface area contributed by atoms with Crippen molar-refractivity contribution in [3.8, 4) is 17.1 Å². The fraction of sp³-hybridized carbons (Fsp3) is 0.231. The van der Waals surface area contributed by atoms with E-state index in [9.17, 15) is 4.79 Å². The van der Waals surface area contributed by atoms with Gasteiger partial charge in [0, 0.05) is 22.2 Å². The van der Waals surface area contributed by atoms with E-state index in [0.717, 1.165) is 35.3 Å². The largest absolute Gasteiger partial charge is 0.493 e. The zero-order chi connectivity index (χ0) is 22.7. The van der Waals surface area contributed by atoms with E-state index in [1.54, 1.807) is 4.57 Å². The van der Waals surface area contributed by atoms with Crippen LogP contribution in [-0.4, -0.2) is 16.2 Å². The summed E-state index contributed by atoms with van der Waals surface area (Å²) in [4.78, 5) is 18.0. The summed E-state index contributed by atoms with van der Waals surface area (Å²) in [6.07, 6.45) is 1.59. The molecule has 164 valence electrons. The Morgan fingerprint density at radius 1 is 0.906 bits per heavy atom. The lowest BCUT2D eigenvalue weighted by Gasteiger charge is -2.15. The minimum Gasteiger partial charge on any atom is -0.493 e. The van der Waals surface area contributed by atoms with Crippen molar-refractivity contribution in [3.63, 3.8) is 0 Å². The van der Waals surface area contributed by atoms with Crippen molar-refractivity contribution < 1.29 is 4.74 Å². The molecule has 4 aromatic rings. The molecule has 4 rings (SSSR count). The van der Waals surface area contributed by atoms with Gasteiger partial charge in [-0.15, -0.1) is 0 Å². The van der Waals surface area contributed by atoms with Crippen molar-refractivity contribution in [1.29, 1.82) is 0 Å². The van der Waals surface area contributed by atoms with Crippen LogP contribution in [0.15, 0.2) is 65.5 Å². The van der Waals surface area contributed by atoms with Crippen molar-refractivity contribution in [3.05, 3.63) is 92.2 Å². The molecule has 0 spiro atoms. The highest BCUT2D eigenvalue weighted by molar-refractivity contribution is 6.31. The molecule has 0 aliphatic carbocycles. The molecule has 0 bridgehead atoms. The molecule has 0 amide bonds. The zero-order valence-corrected chi connectivity index (χ0v) is 19.6. The predicted octanol–water partition coefficient (Wildman–Crippen LogP) is 6.85. The molecule has 32 heavy (non-hydrogen) atoms. The number of halogens is 2. The molecule has 4 nitrogen and oxygen atoms in total. The van der Waals surface area contributed by atoms with Crippen LogP contribution in [0.3, 0.4) is 0 Å². The van der Waals surface area contributed by atoms with Gasteiger partial charge >= 0.3 is 0 Å². The summed E-state index contributed by atoms with van der Waals surface area (Å²) in [6, 6.07) is 18.7. The van der Waals surface area contributed by atoms with Crippen LogP contribution in [0.1, 0.15) is 24.0 Å². The van der Waals surface area contributed by atoms with E-state index in [4.69, 9.17) is 32.9 Å². The average molecular weight is 467 g/mol. The zero-order valence-electron chi connectivity index (χ0n) is 18.1. The topological polar surface area (TPSA) is 44.1 Å². The van der Waals surface area contributed by atoms with Crippen LogP contribution in [0.4, 0.5) is 0 Å². The molecule has 0 fully saturated rings. The van der Waals surface area contributed by atoms with Gasteiger partial charge in [0.15, 0.2) is 0 Å². The van der Waals surface area contributed by atoms with E-state index in [-0.39, 0.29) is 5.56 Å². The quantitative estimate of drug-likeness (QED) is 0.279. The standard InChI is InChI=1S/C26H24Cl2N2O2/c1-17-15-21(28)16-18(2)24(17)32-14-6-5-13-30-25(19-9-11-20(27)12-10-19)29-23-8-4-3-7-22(23)26(30)31/h3-4,7-12,15-16H,5-6,13-14H2,1-2H3. The molecule has 1 aromatic heterocycles. The van der Waals surface area contributed by atoms with Gasteiger partial charge in [-0.05, 0) is 86.3 Å². The van der Waals surface area contributed by atoms with Crippen LogP contribution < -0.4 is 10.3 Å². The molecule has 6 heteroatoms. The molecule has 0 unspecified atom stereocenters. The van der Waals surface area contributed by atoms with Gasteiger partial charge in [-0.2, -0.15) is 0 Å². The third-order valence-electron chi connectivity index (χ3n) is 5.41. The Bertz CT molecular complexity index is 1290. The third-order valence-corrected chi connectivity index (χ3v) is 5.88. The lowest BCUT2D eigenvalue weighted by Crippen LogP contribution is -2.24. The monoisotopic (exact) mass is 466 g/mol. The minimum atomic E-state index is -0.0362. The Labute approximate surface area is 197 Å². The third kappa shape index (κ3) is 4.82. The number of nitrogens with zero attached hydrogens (tertiary/aromatic N) is 2. The highest BCUT2D eigenvalue weighted by Gasteiger charge is 2.13. The number of hydrogen-bond donors (Lipinski definition) is 0. The highest BCUT2D eigenvalue weighted by Crippen LogP contribution is 2.27. The van der Waals surface area contributed by atoms with E-state index in [0.29, 0.717) is 39.9 Å². The molecular formula is C26H24Cl2N2O2. The van der Waals surface area contributed by atoms with Crippen molar-refractivity contribution in [2.45, 2.75) is 33.2 Å². The second-order valence-corrected chi connectivity index (χ2v) is 8.71. The van der Waals surface area contributed by atoms with E-state index < -0.39 is 0 Å². The van der Waals surface area contributed by atoms with Crippen LogP contribution in [-0.2, 0) is 6.54 Å². The van der Waals surface area contributed by atoms with Crippen LogP contribution in [0.2, 0.25) is 10.0 Å². The maximum atomic E-state index is 13.2. The summed E-state index contributed by atoms with van der Waals surface area (Å²) >= 11 is 12.2. The van der Waals surface area contributed by atoms with Crippen LogP contribution in [0, 0.1) is 13.8 Å². The van der Waals surface area contributed by atoms with Crippen LogP contribution in [0.5, 0.6) is 5.75 Å². The first-order valence-electron chi connectivity index (χ1n) is 10.6. The molecule has 0 saturated heterocycles. The molecule has 0 aliphatic rings. The normalized spacial score (nSPS) is 11.1. The van der Waals surface area contributed by atoms with Gasteiger partial charge in [0.2, 0.25) is 0 Å². The molecule has 3 aromatic carbocycles. The van der Waals surface area contributed by atoms with Crippen molar-refractivity contribution >= 4 is 34.1 Å². The Morgan fingerprint density at radius 3 is 2.31 bits per heavy atom. The molecular weight excluding hydrogens is 443 g/mol. The first kappa shape index (κ1) is 22.4. The predicted molar refractivity (Wildman–Crippen MR) is 132 cm³/mol. The van der Waals surface area contributed by atoms with E-state index in [2.05, 4.69) is 0 Å². The van der Waals surface area contributed by atoms with Gasteiger partial charge in [0.05, 0.1) is 17.5 Å². The average Bonchev–Trinajstić information content (AvgIpc) is 2.77. The fourth-order valence-corrected chi connectivity index (χ4v) is 4.32. The number of hydrogen-bond acceptors (Lipinski definition) is 3. The first-order chi connectivity index (χ1) is 15.4. The Balaban J connectivity index is 1.53. The van der Waals surface area contributed by atoms with Gasteiger partial charge in [0.1, 0.15) is 11.6 Å². The van der Waals surface area contributed by atoms with Crippen molar-refractivity contribution in [2.24, 2.45) is 0 Å². The molecule has 0 saturated carbocycles. The van der Waals surface area contributed by atoms with Gasteiger partial charge in [-0.1, -0.05) is 35.3 Å². The maximum Gasteiger partial charge on any atom is 0.261 e. The number of fused-ring (bicyclic) bond motifs is 1. The minimum absolute atomic E-state index is 0.0362. The van der Waals surface area contributed by atoms with Gasteiger partial charge in [0.25, 0.3) is 5.56 Å². The van der Waals surface area contributed by atoms with E-state index >= 15 is 0 Å².